The SMILES string of the molecule is CCc1cc(C(=O)NCCc2cccc(C(=O)N(C)C)c2)ccc1O. The highest BCUT2D eigenvalue weighted by Gasteiger charge is 2.10. The minimum absolute atomic E-state index is 0.0397. The van der Waals surface area contributed by atoms with Gasteiger partial charge in [0.25, 0.3) is 11.8 Å². The topological polar surface area (TPSA) is 69.6 Å². The number of carbonyl (C=O) groups excluding carboxylic acids is 2. The second-order valence-electron chi connectivity index (χ2n) is 6.10. The average Bonchev–Trinajstić information content (AvgIpc) is 2.61. The number of hydrogen-bond donors (Lipinski definition) is 2. The zero-order valence-corrected chi connectivity index (χ0v) is 14.9. The molecule has 132 valence electrons. The number of carbonyl (C=O) groups is 2. The summed E-state index contributed by atoms with van der Waals surface area (Å²) in [6.45, 7) is 2.40. The third-order valence-corrected chi connectivity index (χ3v) is 4.00. The van der Waals surface area contributed by atoms with Gasteiger partial charge in [-0.1, -0.05) is 19.1 Å². The first-order chi connectivity index (χ1) is 11.9. The van der Waals surface area contributed by atoms with Gasteiger partial charge in [0.05, 0.1) is 0 Å². The van der Waals surface area contributed by atoms with Gasteiger partial charge in [0, 0.05) is 31.8 Å². The van der Waals surface area contributed by atoms with Gasteiger partial charge in [-0.15, -0.1) is 0 Å². The second-order valence-corrected chi connectivity index (χ2v) is 6.10. The molecule has 2 rings (SSSR count). The van der Waals surface area contributed by atoms with Crippen molar-refractivity contribution in [1.82, 2.24) is 10.2 Å². The van der Waals surface area contributed by atoms with Crippen LogP contribution in [0.4, 0.5) is 0 Å². The zero-order chi connectivity index (χ0) is 18.4. The van der Waals surface area contributed by atoms with Crippen molar-refractivity contribution in [2.45, 2.75) is 19.8 Å². The molecule has 0 spiro atoms. The smallest absolute Gasteiger partial charge is 0.253 e. The molecule has 0 saturated heterocycles. The molecule has 2 N–H and O–H groups in total. The van der Waals surface area contributed by atoms with Gasteiger partial charge >= 0.3 is 0 Å². The van der Waals surface area contributed by atoms with Crippen molar-refractivity contribution in [3.8, 4) is 5.75 Å². The molecule has 25 heavy (non-hydrogen) atoms. The maximum Gasteiger partial charge on any atom is 0.253 e. The molecule has 0 atom stereocenters. The number of phenolic OH excluding ortho intramolecular Hbond substituents is 1. The van der Waals surface area contributed by atoms with Crippen LogP contribution in [0.3, 0.4) is 0 Å². The van der Waals surface area contributed by atoms with Crippen LogP contribution in [-0.2, 0) is 12.8 Å². The van der Waals surface area contributed by atoms with Crippen molar-refractivity contribution < 1.29 is 14.7 Å². The Balaban J connectivity index is 1.95. The molecule has 0 heterocycles. The number of hydrogen-bond acceptors (Lipinski definition) is 3. The van der Waals surface area contributed by atoms with E-state index < -0.39 is 0 Å². The Morgan fingerprint density at radius 1 is 1.08 bits per heavy atom. The van der Waals surface area contributed by atoms with Crippen LogP contribution in [0.2, 0.25) is 0 Å². The monoisotopic (exact) mass is 340 g/mol. The largest absolute Gasteiger partial charge is 0.508 e. The van der Waals surface area contributed by atoms with Crippen molar-refractivity contribution in [3.05, 3.63) is 64.7 Å². The first-order valence-electron chi connectivity index (χ1n) is 8.33. The standard InChI is InChI=1S/C20H24N2O3/c1-4-15-13-16(8-9-18(15)23)19(24)21-11-10-14-6-5-7-17(12-14)20(25)22(2)3/h5-9,12-13,23H,4,10-11H2,1-3H3,(H,21,24). The lowest BCUT2D eigenvalue weighted by atomic mass is 10.1. The molecule has 0 aromatic heterocycles. The Bertz CT molecular complexity index is 769. The van der Waals surface area contributed by atoms with E-state index in [0.717, 1.165) is 11.1 Å². The van der Waals surface area contributed by atoms with Gasteiger partial charge in [-0.2, -0.15) is 0 Å². The maximum absolute atomic E-state index is 12.2. The molecular formula is C20H24N2O3. The summed E-state index contributed by atoms with van der Waals surface area (Å²) in [5, 5.41) is 12.6. The van der Waals surface area contributed by atoms with Crippen LogP contribution in [0.1, 0.15) is 38.8 Å². The summed E-state index contributed by atoms with van der Waals surface area (Å²) in [4.78, 5) is 25.8. The Labute approximate surface area is 148 Å². The van der Waals surface area contributed by atoms with E-state index in [1.165, 1.54) is 4.90 Å². The highest BCUT2D eigenvalue weighted by Crippen LogP contribution is 2.18. The number of aryl methyl sites for hydroxylation is 1. The number of nitrogens with zero attached hydrogens (tertiary/aromatic N) is 1. The van der Waals surface area contributed by atoms with Gasteiger partial charge in [-0.3, -0.25) is 9.59 Å². The molecule has 5 nitrogen and oxygen atoms in total. The summed E-state index contributed by atoms with van der Waals surface area (Å²) < 4.78 is 0. The fraction of sp³-hybridized carbons (Fsp3) is 0.300. The Morgan fingerprint density at radius 2 is 1.84 bits per heavy atom. The molecule has 0 bridgehead atoms. The van der Waals surface area contributed by atoms with Crippen molar-refractivity contribution in [2.75, 3.05) is 20.6 Å². The molecule has 0 aliphatic heterocycles. The first-order valence-corrected chi connectivity index (χ1v) is 8.33. The van der Waals surface area contributed by atoms with E-state index >= 15 is 0 Å². The van der Waals surface area contributed by atoms with Crippen LogP contribution in [-0.4, -0.2) is 42.5 Å². The molecule has 2 aromatic carbocycles. The summed E-state index contributed by atoms with van der Waals surface area (Å²) in [6.07, 6.45) is 1.30. The average molecular weight is 340 g/mol. The third kappa shape index (κ3) is 4.83. The molecule has 0 unspecified atom stereocenters. The van der Waals surface area contributed by atoms with E-state index in [1.807, 2.05) is 25.1 Å². The Morgan fingerprint density at radius 3 is 2.52 bits per heavy atom. The molecule has 0 aliphatic carbocycles. The van der Waals surface area contributed by atoms with Crippen LogP contribution in [0.5, 0.6) is 5.75 Å². The van der Waals surface area contributed by atoms with Crippen molar-refractivity contribution >= 4 is 11.8 Å². The second kappa shape index (κ2) is 8.33. The first kappa shape index (κ1) is 18.5. The summed E-state index contributed by atoms with van der Waals surface area (Å²) in [7, 11) is 3.44. The molecule has 2 aromatic rings. The lowest BCUT2D eigenvalue weighted by molar-refractivity contribution is 0.0827. The third-order valence-electron chi connectivity index (χ3n) is 4.00. The summed E-state index contributed by atoms with van der Waals surface area (Å²) >= 11 is 0. The fourth-order valence-corrected chi connectivity index (χ4v) is 2.55. The minimum Gasteiger partial charge on any atom is -0.508 e. The predicted octanol–water partition coefficient (Wildman–Crippen LogP) is 2.63. The van der Waals surface area contributed by atoms with Gasteiger partial charge in [0.1, 0.15) is 5.75 Å². The van der Waals surface area contributed by atoms with E-state index in [2.05, 4.69) is 5.32 Å². The van der Waals surface area contributed by atoms with Crippen LogP contribution in [0.25, 0.3) is 0 Å². The fourth-order valence-electron chi connectivity index (χ4n) is 2.55. The molecule has 5 heteroatoms. The Hall–Kier alpha value is -2.82. The number of benzene rings is 2. The van der Waals surface area contributed by atoms with E-state index in [-0.39, 0.29) is 17.6 Å². The van der Waals surface area contributed by atoms with Gasteiger partial charge in [-0.05, 0) is 54.3 Å². The zero-order valence-electron chi connectivity index (χ0n) is 14.9. The number of phenols is 1. The molecule has 0 radical (unpaired) electrons. The van der Waals surface area contributed by atoms with E-state index in [0.29, 0.717) is 30.5 Å². The number of aromatic hydroxyl groups is 1. The van der Waals surface area contributed by atoms with Crippen molar-refractivity contribution in [1.29, 1.82) is 0 Å². The summed E-state index contributed by atoms with van der Waals surface area (Å²) in [5.74, 6) is -0.00118. The van der Waals surface area contributed by atoms with Gasteiger partial charge in [0.15, 0.2) is 0 Å². The van der Waals surface area contributed by atoms with Crippen molar-refractivity contribution in [3.63, 3.8) is 0 Å². The van der Waals surface area contributed by atoms with E-state index in [9.17, 15) is 14.7 Å². The highest BCUT2D eigenvalue weighted by molar-refractivity contribution is 5.95. The lowest BCUT2D eigenvalue weighted by Gasteiger charge is -2.11. The van der Waals surface area contributed by atoms with E-state index in [1.54, 1.807) is 38.4 Å². The number of nitrogens with one attached hydrogen (secondary N) is 1. The number of rotatable bonds is 6. The Kier molecular flexibility index (Phi) is 6.17. The van der Waals surface area contributed by atoms with Crippen LogP contribution in [0.15, 0.2) is 42.5 Å². The van der Waals surface area contributed by atoms with Gasteiger partial charge in [0.2, 0.25) is 0 Å². The van der Waals surface area contributed by atoms with Crippen LogP contribution >= 0.6 is 0 Å². The molecule has 2 amide bonds. The maximum atomic E-state index is 12.2. The van der Waals surface area contributed by atoms with Gasteiger partial charge < -0.3 is 15.3 Å². The molecule has 0 fully saturated rings. The normalized spacial score (nSPS) is 10.4. The van der Waals surface area contributed by atoms with Crippen LogP contribution in [0, 0.1) is 0 Å². The van der Waals surface area contributed by atoms with Crippen molar-refractivity contribution in [2.24, 2.45) is 0 Å². The summed E-state index contributed by atoms with van der Waals surface area (Å²) in [6, 6.07) is 12.3. The lowest BCUT2D eigenvalue weighted by Crippen LogP contribution is -2.26. The molecular weight excluding hydrogens is 316 g/mol. The molecule has 0 aliphatic rings. The van der Waals surface area contributed by atoms with Crippen LogP contribution < -0.4 is 5.32 Å². The predicted molar refractivity (Wildman–Crippen MR) is 98.0 cm³/mol. The van der Waals surface area contributed by atoms with E-state index in [4.69, 9.17) is 0 Å². The minimum atomic E-state index is -0.171. The van der Waals surface area contributed by atoms with Gasteiger partial charge in [-0.25, -0.2) is 0 Å². The molecule has 0 saturated carbocycles. The quantitative estimate of drug-likeness (QED) is 0.849. The highest BCUT2D eigenvalue weighted by atomic mass is 16.3. The number of amides is 2. The summed E-state index contributed by atoms with van der Waals surface area (Å²) in [5.41, 5.74) is 2.92.